The maximum Gasteiger partial charge on any atom is 0.243 e. The van der Waals surface area contributed by atoms with E-state index in [2.05, 4.69) is 20.4 Å². The Hall–Kier alpha value is -1.05. The number of rotatable bonds is 4. The van der Waals surface area contributed by atoms with Gasteiger partial charge in [-0.05, 0) is 26.8 Å². The molecule has 100 valence electrons. The van der Waals surface area contributed by atoms with Crippen molar-refractivity contribution in [3.63, 3.8) is 0 Å². The van der Waals surface area contributed by atoms with Crippen LogP contribution in [0.5, 0.6) is 0 Å². The van der Waals surface area contributed by atoms with Gasteiger partial charge in [0.1, 0.15) is 5.51 Å². The summed E-state index contributed by atoms with van der Waals surface area (Å²) in [5.41, 5.74) is 1.60. The van der Waals surface area contributed by atoms with Crippen LogP contribution in [0.1, 0.15) is 19.8 Å². The lowest BCUT2D eigenvalue weighted by Gasteiger charge is -2.34. The maximum absolute atomic E-state index is 12.0. The first-order valence-electron chi connectivity index (χ1n) is 6.05. The van der Waals surface area contributed by atoms with Crippen LogP contribution in [-0.2, 0) is 9.53 Å². The van der Waals surface area contributed by atoms with E-state index in [1.54, 1.807) is 5.51 Å². The molecular formula is C11H18N4O2S. The predicted octanol–water partition coefficient (Wildman–Crippen LogP) is 0.976. The SMILES string of the molecule is C[C@@H](C(=O)Nc1nncs1)N(C)C1CCOCC1. The summed E-state index contributed by atoms with van der Waals surface area (Å²) < 4.78 is 5.33. The van der Waals surface area contributed by atoms with Crippen LogP contribution in [-0.4, -0.2) is 53.3 Å². The zero-order chi connectivity index (χ0) is 13.0. The van der Waals surface area contributed by atoms with Crippen LogP contribution in [0.25, 0.3) is 0 Å². The second-order valence-corrected chi connectivity index (χ2v) is 5.25. The third-order valence-corrected chi connectivity index (χ3v) is 3.95. The highest BCUT2D eigenvalue weighted by Crippen LogP contribution is 2.16. The smallest absolute Gasteiger partial charge is 0.243 e. The molecule has 1 N–H and O–H groups in total. The van der Waals surface area contributed by atoms with Gasteiger partial charge in [0, 0.05) is 19.3 Å². The second kappa shape index (κ2) is 6.21. The number of carbonyl (C=O) groups is 1. The minimum atomic E-state index is -0.183. The van der Waals surface area contributed by atoms with Crippen LogP contribution < -0.4 is 5.32 Å². The van der Waals surface area contributed by atoms with Crippen molar-refractivity contribution in [1.82, 2.24) is 15.1 Å². The quantitative estimate of drug-likeness (QED) is 0.883. The number of anilines is 1. The Kier molecular flexibility index (Phi) is 4.62. The van der Waals surface area contributed by atoms with Gasteiger partial charge in [0.15, 0.2) is 0 Å². The molecule has 0 aromatic carbocycles. The monoisotopic (exact) mass is 270 g/mol. The number of nitrogens with one attached hydrogen (secondary N) is 1. The van der Waals surface area contributed by atoms with E-state index in [0.29, 0.717) is 11.2 Å². The standard InChI is InChI=1S/C11H18N4O2S/c1-8(10(16)13-11-14-12-7-18-11)15(2)9-3-5-17-6-4-9/h7-9H,3-6H2,1-2H3,(H,13,14,16)/t8-/m0/s1. The van der Waals surface area contributed by atoms with Gasteiger partial charge < -0.3 is 4.74 Å². The van der Waals surface area contributed by atoms with Gasteiger partial charge >= 0.3 is 0 Å². The minimum Gasteiger partial charge on any atom is -0.381 e. The summed E-state index contributed by atoms with van der Waals surface area (Å²) >= 11 is 1.32. The third-order valence-electron chi connectivity index (χ3n) is 3.35. The molecule has 2 heterocycles. The van der Waals surface area contributed by atoms with Crippen molar-refractivity contribution in [2.45, 2.75) is 31.8 Å². The average molecular weight is 270 g/mol. The lowest BCUT2D eigenvalue weighted by Crippen LogP contribution is -2.47. The highest BCUT2D eigenvalue weighted by Gasteiger charge is 2.26. The molecule has 0 bridgehead atoms. The zero-order valence-corrected chi connectivity index (χ0v) is 11.4. The molecule has 1 aromatic heterocycles. The van der Waals surface area contributed by atoms with E-state index in [1.807, 2.05) is 14.0 Å². The molecule has 1 aliphatic rings. The second-order valence-electron chi connectivity index (χ2n) is 4.42. The zero-order valence-electron chi connectivity index (χ0n) is 10.6. The predicted molar refractivity (Wildman–Crippen MR) is 69.6 cm³/mol. The molecule has 1 amide bonds. The summed E-state index contributed by atoms with van der Waals surface area (Å²) in [6.07, 6.45) is 1.96. The lowest BCUT2D eigenvalue weighted by molar-refractivity contribution is -0.121. The first kappa shape index (κ1) is 13.4. The van der Waals surface area contributed by atoms with Crippen LogP contribution in [0.3, 0.4) is 0 Å². The highest BCUT2D eigenvalue weighted by atomic mass is 32.1. The molecule has 0 aliphatic carbocycles. The number of likely N-dealkylation sites (N-methyl/N-ethyl adjacent to an activating group) is 1. The van der Waals surface area contributed by atoms with Gasteiger partial charge in [-0.1, -0.05) is 11.3 Å². The third kappa shape index (κ3) is 3.24. The van der Waals surface area contributed by atoms with Gasteiger partial charge in [0.2, 0.25) is 11.0 Å². The Morgan fingerprint density at radius 1 is 1.61 bits per heavy atom. The molecule has 1 saturated heterocycles. The summed E-state index contributed by atoms with van der Waals surface area (Å²) in [5.74, 6) is -0.0410. The topological polar surface area (TPSA) is 67.4 Å². The Morgan fingerprint density at radius 3 is 2.94 bits per heavy atom. The van der Waals surface area contributed by atoms with Crippen molar-refractivity contribution in [2.75, 3.05) is 25.6 Å². The number of carbonyl (C=O) groups excluding carboxylic acids is 1. The Labute approximate surface area is 110 Å². The number of hydrogen-bond acceptors (Lipinski definition) is 6. The van der Waals surface area contributed by atoms with E-state index in [0.717, 1.165) is 26.1 Å². The molecule has 1 atom stereocenters. The Balaban J connectivity index is 1.88. The van der Waals surface area contributed by atoms with Gasteiger partial charge in [-0.3, -0.25) is 15.0 Å². The number of nitrogens with zero attached hydrogens (tertiary/aromatic N) is 3. The fourth-order valence-corrected chi connectivity index (χ4v) is 2.48. The minimum absolute atomic E-state index is 0.0410. The van der Waals surface area contributed by atoms with E-state index >= 15 is 0 Å². The lowest BCUT2D eigenvalue weighted by atomic mass is 10.1. The Bertz CT molecular complexity index is 378. The number of hydrogen-bond donors (Lipinski definition) is 1. The molecule has 1 aliphatic heterocycles. The highest BCUT2D eigenvalue weighted by molar-refractivity contribution is 7.13. The van der Waals surface area contributed by atoms with Gasteiger partial charge in [-0.25, -0.2) is 0 Å². The average Bonchev–Trinajstić information content (AvgIpc) is 2.91. The summed E-state index contributed by atoms with van der Waals surface area (Å²) in [6.45, 7) is 3.46. The van der Waals surface area contributed by atoms with Crippen molar-refractivity contribution in [3.8, 4) is 0 Å². The Morgan fingerprint density at radius 2 is 2.33 bits per heavy atom. The van der Waals surface area contributed by atoms with Gasteiger partial charge in [0.25, 0.3) is 0 Å². The van der Waals surface area contributed by atoms with Crippen LogP contribution in [0.2, 0.25) is 0 Å². The molecule has 18 heavy (non-hydrogen) atoms. The van der Waals surface area contributed by atoms with Crippen LogP contribution in [0.4, 0.5) is 5.13 Å². The van der Waals surface area contributed by atoms with Crippen molar-refractivity contribution in [1.29, 1.82) is 0 Å². The van der Waals surface area contributed by atoms with Crippen molar-refractivity contribution in [3.05, 3.63) is 5.51 Å². The van der Waals surface area contributed by atoms with Crippen LogP contribution >= 0.6 is 11.3 Å². The van der Waals surface area contributed by atoms with Crippen LogP contribution in [0.15, 0.2) is 5.51 Å². The molecule has 0 saturated carbocycles. The number of ether oxygens (including phenoxy) is 1. The van der Waals surface area contributed by atoms with E-state index in [-0.39, 0.29) is 11.9 Å². The summed E-state index contributed by atoms with van der Waals surface area (Å²) in [4.78, 5) is 14.2. The molecule has 2 rings (SSSR count). The largest absolute Gasteiger partial charge is 0.381 e. The van der Waals surface area contributed by atoms with Gasteiger partial charge in [0.05, 0.1) is 6.04 Å². The number of aromatic nitrogens is 2. The molecule has 7 heteroatoms. The molecule has 0 unspecified atom stereocenters. The fraction of sp³-hybridized carbons (Fsp3) is 0.727. The summed E-state index contributed by atoms with van der Waals surface area (Å²) in [6, 6.07) is 0.228. The summed E-state index contributed by atoms with van der Waals surface area (Å²) in [5, 5.41) is 10.8. The van der Waals surface area contributed by atoms with E-state index in [1.165, 1.54) is 11.3 Å². The molecule has 1 aromatic rings. The summed E-state index contributed by atoms with van der Waals surface area (Å²) in [7, 11) is 1.99. The van der Waals surface area contributed by atoms with Crippen molar-refractivity contribution < 1.29 is 9.53 Å². The molecule has 0 spiro atoms. The molecular weight excluding hydrogens is 252 g/mol. The van der Waals surface area contributed by atoms with Gasteiger partial charge in [-0.15, -0.1) is 10.2 Å². The van der Waals surface area contributed by atoms with E-state index < -0.39 is 0 Å². The van der Waals surface area contributed by atoms with E-state index in [4.69, 9.17) is 4.74 Å². The first-order chi connectivity index (χ1) is 8.68. The van der Waals surface area contributed by atoms with Crippen molar-refractivity contribution in [2.24, 2.45) is 0 Å². The molecule has 6 nitrogen and oxygen atoms in total. The van der Waals surface area contributed by atoms with Gasteiger partial charge in [-0.2, -0.15) is 0 Å². The first-order valence-corrected chi connectivity index (χ1v) is 6.93. The molecule has 0 radical (unpaired) electrons. The van der Waals surface area contributed by atoms with E-state index in [9.17, 15) is 4.79 Å². The molecule has 1 fully saturated rings. The van der Waals surface area contributed by atoms with Crippen LogP contribution in [0, 0.1) is 0 Å². The number of amides is 1. The fourth-order valence-electron chi connectivity index (χ4n) is 2.03. The normalized spacial score (nSPS) is 18.8. The maximum atomic E-state index is 12.0. The van der Waals surface area contributed by atoms with Crippen molar-refractivity contribution >= 4 is 22.4 Å².